The zero-order chi connectivity index (χ0) is 12.0. The van der Waals surface area contributed by atoms with Gasteiger partial charge in [0.1, 0.15) is 11.2 Å². The van der Waals surface area contributed by atoms with Crippen LogP contribution in [-0.2, 0) is 10.2 Å². The Morgan fingerprint density at radius 1 is 1.19 bits per heavy atom. The zero-order valence-corrected chi connectivity index (χ0v) is 8.21. The number of hydrogen-bond acceptors (Lipinski definition) is 1. The maximum Gasteiger partial charge on any atom is 0.314 e. The third kappa shape index (κ3) is 1.56. The molecule has 1 N–H and O–H groups in total. The second kappa shape index (κ2) is 3.23. The number of carboxylic acid groups (broad SMARTS) is 1. The highest BCUT2D eigenvalue weighted by atomic mass is 19.3. The minimum absolute atomic E-state index is 0.229. The Morgan fingerprint density at radius 2 is 1.69 bits per heavy atom. The fourth-order valence-electron chi connectivity index (χ4n) is 2.08. The van der Waals surface area contributed by atoms with Crippen LogP contribution in [0, 0.1) is 5.82 Å². The summed E-state index contributed by atoms with van der Waals surface area (Å²) in [4.78, 5) is 11.0. The van der Waals surface area contributed by atoms with Crippen molar-refractivity contribution in [3.8, 4) is 0 Å². The molecule has 1 aromatic rings. The van der Waals surface area contributed by atoms with Gasteiger partial charge in [0, 0.05) is 12.8 Å². The van der Waals surface area contributed by atoms with Crippen molar-refractivity contribution >= 4 is 5.97 Å². The van der Waals surface area contributed by atoms with Crippen LogP contribution in [-0.4, -0.2) is 17.0 Å². The lowest BCUT2D eigenvalue weighted by molar-refractivity contribution is -0.174. The van der Waals surface area contributed by atoms with E-state index in [4.69, 9.17) is 5.11 Å². The summed E-state index contributed by atoms with van der Waals surface area (Å²) in [6, 6.07) is 4.66. The lowest BCUT2D eigenvalue weighted by Gasteiger charge is -2.44. The summed E-state index contributed by atoms with van der Waals surface area (Å²) in [5, 5.41) is 9.01. The molecule has 0 saturated heterocycles. The van der Waals surface area contributed by atoms with Gasteiger partial charge in [0.25, 0.3) is 5.92 Å². The number of halogens is 3. The van der Waals surface area contributed by atoms with E-state index >= 15 is 0 Å². The Kier molecular flexibility index (Phi) is 2.22. The van der Waals surface area contributed by atoms with Crippen LogP contribution in [0.3, 0.4) is 0 Å². The number of hydrogen-bond donors (Lipinski definition) is 1. The number of carboxylic acids is 1. The first-order valence-corrected chi connectivity index (χ1v) is 4.73. The molecule has 0 spiro atoms. The van der Waals surface area contributed by atoms with Gasteiger partial charge >= 0.3 is 5.97 Å². The molecule has 2 nitrogen and oxygen atoms in total. The second-order valence-electron chi connectivity index (χ2n) is 4.10. The summed E-state index contributed by atoms with van der Waals surface area (Å²) in [6.45, 7) is 0. The van der Waals surface area contributed by atoms with Gasteiger partial charge in [-0.3, -0.25) is 4.79 Å². The van der Waals surface area contributed by atoms with Crippen LogP contribution < -0.4 is 0 Å². The lowest BCUT2D eigenvalue weighted by Crippen LogP contribution is -2.54. The Balaban J connectivity index is 2.36. The summed E-state index contributed by atoms with van der Waals surface area (Å²) in [5.74, 6) is -4.74. The van der Waals surface area contributed by atoms with Gasteiger partial charge in [-0.1, -0.05) is 12.1 Å². The average molecular weight is 230 g/mol. The molecule has 0 aromatic heterocycles. The van der Waals surface area contributed by atoms with Crippen molar-refractivity contribution in [3.05, 3.63) is 35.6 Å². The monoisotopic (exact) mass is 230 g/mol. The van der Waals surface area contributed by atoms with Crippen molar-refractivity contribution in [2.75, 3.05) is 0 Å². The molecule has 0 unspecified atom stereocenters. The average Bonchev–Trinajstić information content (AvgIpc) is 2.14. The van der Waals surface area contributed by atoms with Crippen LogP contribution in [0.25, 0.3) is 0 Å². The van der Waals surface area contributed by atoms with Crippen molar-refractivity contribution in [1.29, 1.82) is 0 Å². The number of benzene rings is 1. The number of alkyl halides is 2. The molecule has 86 valence electrons. The number of carbonyl (C=O) groups is 1. The fourth-order valence-corrected chi connectivity index (χ4v) is 2.08. The molecule has 1 aromatic carbocycles. The Labute approximate surface area is 89.7 Å². The molecule has 1 saturated carbocycles. The van der Waals surface area contributed by atoms with Gasteiger partial charge in [-0.15, -0.1) is 0 Å². The molecule has 0 radical (unpaired) electrons. The molecular weight excluding hydrogens is 221 g/mol. The molecule has 0 aliphatic heterocycles. The molecule has 1 aliphatic carbocycles. The molecular formula is C11H9F3O2. The molecule has 1 aliphatic rings. The first-order valence-electron chi connectivity index (χ1n) is 4.73. The van der Waals surface area contributed by atoms with E-state index < -0.39 is 36.0 Å². The summed E-state index contributed by atoms with van der Waals surface area (Å²) in [7, 11) is 0. The molecule has 0 bridgehead atoms. The van der Waals surface area contributed by atoms with E-state index in [2.05, 4.69) is 0 Å². The van der Waals surface area contributed by atoms with Gasteiger partial charge in [-0.25, -0.2) is 13.2 Å². The third-order valence-corrected chi connectivity index (χ3v) is 2.93. The molecule has 0 amide bonds. The van der Waals surface area contributed by atoms with Crippen molar-refractivity contribution < 1.29 is 23.1 Å². The molecule has 1 fully saturated rings. The first kappa shape index (κ1) is 11.0. The van der Waals surface area contributed by atoms with Gasteiger partial charge in [-0.05, 0) is 17.7 Å². The zero-order valence-electron chi connectivity index (χ0n) is 8.21. The van der Waals surface area contributed by atoms with E-state index in [0.29, 0.717) is 0 Å². The van der Waals surface area contributed by atoms with Crippen LogP contribution >= 0.6 is 0 Å². The Hall–Kier alpha value is -1.52. The van der Waals surface area contributed by atoms with E-state index in [9.17, 15) is 18.0 Å². The van der Waals surface area contributed by atoms with E-state index in [1.165, 1.54) is 12.1 Å². The smallest absolute Gasteiger partial charge is 0.314 e. The highest BCUT2D eigenvalue weighted by Gasteiger charge is 2.62. The maximum atomic E-state index is 12.8. The standard InChI is InChI=1S/C11H9F3O2/c12-8-3-1-7(2-4-8)10(9(15)16)5-11(13,14)6-10/h1-4H,5-6H2,(H,15,16). The largest absolute Gasteiger partial charge is 0.481 e. The Bertz CT molecular complexity index is 417. The van der Waals surface area contributed by atoms with Crippen LogP contribution in [0.15, 0.2) is 24.3 Å². The predicted octanol–water partition coefficient (Wildman–Crippen LogP) is 2.58. The summed E-state index contributed by atoms with van der Waals surface area (Å²) in [6.07, 6.45) is -1.44. The molecule has 16 heavy (non-hydrogen) atoms. The van der Waals surface area contributed by atoms with Gasteiger partial charge in [0.05, 0.1) is 0 Å². The number of rotatable bonds is 2. The quantitative estimate of drug-likeness (QED) is 0.847. The highest BCUT2D eigenvalue weighted by Crippen LogP contribution is 2.53. The molecule has 2 rings (SSSR count). The third-order valence-electron chi connectivity index (χ3n) is 2.93. The van der Waals surface area contributed by atoms with Crippen molar-refractivity contribution in [3.63, 3.8) is 0 Å². The summed E-state index contributed by atoms with van der Waals surface area (Å²) in [5.41, 5.74) is -1.33. The highest BCUT2D eigenvalue weighted by molar-refractivity contribution is 5.83. The van der Waals surface area contributed by atoms with Crippen molar-refractivity contribution in [2.45, 2.75) is 24.2 Å². The van der Waals surface area contributed by atoms with E-state index in [0.717, 1.165) is 12.1 Å². The van der Waals surface area contributed by atoms with Crippen LogP contribution in [0.1, 0.15) is 18.4 Å². The number of aliphatic carboxylic acids is 1. The topological polar surface area (TPSA) is 37.3 Å². The first-order chi connectivity index (χ1) is 7.36. The van der Waals surface area contributed by atoms with Gasteiger partial charge < -0.3 is 5.11 Å². The van der Waals surface area contributed by atoms with Crippen LogP contribution in [0.5, 0.6) is 0 Å². The Morgan fingerprint density at radius 3 is 2.06 bits per heavy atom. The van der Waals surface area contributed by atoms with Gasteiger partial charge in [0.2, 0.25) is 0 Å². The molecule has 0 heterocycles. The normalized spacial score (nSPS) is 21.2. The van der Waals surface area contributed by atoms with Crippen LogP contribution in [0.2, 0.25) is 0 Å². The van der Waals surface area contributed by atoms with E-state index in [1.807, 2.05) is 0 Å². The SMILES string of the molecule is O=C(O)C1(c2ccc(F)cc2)CC(F)(F)C1. The van der Waals surface area contributed by atoms with Crippen molar-refractivity contribution in [1.82, 2.24) is 0 Å². The maximum absolute atomic E-state index is 12.8. The van der Waals surface area contributed by atoms with Crippen LogP contribution in [0.4, 0.5) is 13.2 Å². The summed E-state index contributed by atoms with van der Waals surface area (Å²) >= 11 is 0. The van der Waals surface area contributed by atoms with E-state index in [1.54, 1.807) is 0 Å². The molecule has 5 heteroatoms. The van der Waals surface area contributed by atoms with Crippen molar-refractivity contribution in [2.24, 2.45) is 0 Å². The summed E-state index contributed by atoms with van der Waals surface area (Å²) < 4.78 is 38.3. The second-order valence-corrected chi connectivity index (χ2v) is 4.10. The predicted molar refractivity (Wildman–Crippen MR) is 49.9 cm³/mol. The van der Waals surface area contributed by atoms with Gasteiger partial charge in [0.15, 0.2) is 0 Å². The van der Waals surface area contributed by atoms with E-state index in [-0.39, 0.29) is 5.56 Å². The minimum atomic E-state index is -2.94. The molecule has 0 atom stereocenters. The lowest BCUT2D eigenvalue weighted by atomic mass is 9.62. The van der Waals surface area contributed by atoms with Gasteiger partial charge in [-0.2, -0.15) is 0 Å². The minimum Gasteiger partial charge on any atom is -0.481 e. The fraction of sp³-hybridized carbons (Fsp3) is 0.364.